The highest BCUT2D eigenvalue weighted by Gasteiger charge is 2.21. The summed E-state index contributed by atoms with van der Waals surface area (Å²) in [6, 6.07) is 2.75. The number of benzene rings is 1. The molecule has 0 fully saturated rings. The molecule has 0 heterocycles. The number of carbonyl (C=O) groups excluding carboxylic acids is 1. The van der Waals surface area contributed by atoms with Crippen LogP contribution in [0.1, 0.15) is 91.8 Å². The van der Waals surface area contributed by atoms with E-state index in [1.807, 2.05) is 0 Å². The molecule has 0 unspecified atom stereocenters. The summed E-state index contributed by atoms with van der Waals surface area (Å²) in [5, 5.41) is 9.18. The lowest BCUT2D eigenvalue weighted by Gasteiger charge is -2.08. The van der Waals surface area contributed by atoms with Gasteiger partial charge in [0.05, 0.1) is 22.6 Å². The molecule has 0 saturated carbocycles. The molecule has 0 amide bonds. The van der Waals surface area contributed by atoms with Gasteiger partial charge in [-0.15, -0.1) is 0 Å². The molecule has 0 spiro atoms. The van der Waals surface area contributed by atoms with Crippen LogP contribution in [0.5, 0.6) is 0 Å². The molecule has 1 aromatic carbocycles. The topological polar surface area (TPSA) is 118 Å². The van der Waals surface area contributed by atoms with Crippen molar-refractivity contribution in [1.29, 1.82) is 0 Å². The van der Waals surface area contributed by atoms with Gasteiger partial charge < -0.3 is 9.84 Å². The number of unbranched alkanes of at least 4 members (excludes halogenated alkanes) is 9. The molecular weight excluding hydrogens is 384 g/mol. The molecule has 0 aliphatic rings. The standard InChI is InChI=1S/C20H30O7S/c1-2-3-4-5-6-7-8-9-10-11-14-27-20(23)17-13-12-16(28(24,25)26)15-18(17)19(21)22/h12-13,15H,2-11,14H2,1H3,(H,21,22)(H,24,25,26). The maximum absolute atomic E-state index is 12.1. The average molecular weight is 415 g/mol. The number of carboxylic acid groups (broad SMARTS) is 1. The third-order valence-electron chi connectivity index (χ3n) is 4.47. The van der Waals surface area contributed by atoms with Crippen molar-refractivity contribution in [2.75, 3.05) is 6.61 Å². The zero-order valence-electron chi connectivity index (χ0n) is 16.4. The fourth-order valence-electron chi connectivity index (χ4n) is 2.87. The van der Waals surface area contributed by atoms with Gasteiger partial charge in [-0.2, -0.15) is 8.42 Å². The number of rotatable bonds is 14. The van der Waals surface area contributed by atoms with Gasteiger partial charge in [0.25, 0.3) is 10.1 Å². The molecule has 28 heavy (non-hydrogen) atoms. The summed E-state index contributed by atoms with van der Waals surface area (Å²) in [5.41, 5.74) is -0.768. The summed E-state index contributed by atoms with van der Waals surface area (Å²) in [6.07, 6.45) is 11.4. The fraction of sp³-hybridized carbons (Fsp3) is 0.600. The van der Waals surface area contributed by atoms with E-state index in [1.165, 1.54) is 38.5 Å². The van der Waals surface area contributed by atoms with Gasteiger partial charge in [0.1, 0.15) is 0 Å². The molecule has 7 nitrogen and oxygen atoms in total. The van der Waals surface area contributed by atoms with Gasteiger partial charge in [0.2, 0.25) is 0 Å². The predicted octanol–water partition coefficient (Wildman–Crippen LogP) is 4.71. The SMILES string of the molecule is CCCCCCCCCCCCOC(=O)c1ccc(S(=O)(=O)O)cc1C(=O)O. The van der Waals surface area contributed by atoms with E-state index in [4.69, 9.17) is 9.29 Å². The minimum Gasteiger partial charge on any atom is -0.478 e. The van der Waals surface area contributed by atoms with Crippen LogP contribution in [-0.2, 0) is 14.9 Å². The first-order chi connectivity index (χ1) is 13.3. The van der Waals surface area contributed by atoms with E-state index in [1.54, 1.807) is 0 Å². The molecule has 0 atom stereocenters. The second-order valence-corrected chi connectivity index (χ2v) is 8.23. The quantitative estimate of drug-likeness (QED) is 0.257. The summed E-state index contributed by atoms with van der Waals surface area (Å²) in [4.78, 5) is 22.8. The first kappa shape index (κ1) is 24.1. The van der Waals surface area contributed by atoms with Gasteiger partial charge in [-0.1, -0.05) is 64.7 Å². The molecule has 158 valence electrons. The largest absolute Gasteiger partial charge is 0.478 e. The lowest BCUT2D eigenvalue weighted by atomic mass is 10.1. The number of carbonyl (C=O) groups is 2. The zero-order chi connectivity index (χ0) is 21.0. The van der Waals surface area contributed by atoms with E-state index in [0.717, 1.165) is 37.5 Å². The maximum atomic E-state index is 12.1. The van der Waals surface area contributed by atoms with E-state index < -0.39 is 32.5 Å². The second-order valence-electron chi connectivity index (χ2n) is 6.81. The van der Waals surface area contributed by atoms with E-state index in [2.05, 4.69) is 6.92 Å². The van der Waals surface area contributed by atoms with Gasteiger partial charge >= 0.3 is 11.9 Å². The molecule has 0 saturated heterocycles. The third-order valence-corrected chi connectivity index (χ3v) is 5.32. The minimum absolute atomic E-state index is 0.175. The van der Waals surface area contributed by atoms with Crippen molar-refractivity contribution < 1.29 is 32.4 Å². The predicted molar refractivity (Wildman–Crippen MR) is 105 cm³/mol. The van der Waals surface area contributed by atoms with Gasteiger partial charge in [0, 0.05) is 0 Å². The molecule has 0 aliphatic carbocycles. The Bertz CT molecular complexity index is 741. The summed E-state index contributed by atoms with van der Waals surface area (Å²) < 4.78 is 36.3. The Labute approximate surface area is 166 Å². The van der Waals surface area contributed by atoms with E-state index >= 15 is 0 Å². The highest BCUT2D eigenvalue weighted by molar-refractivity contribution is 7.85. The average Bonchev–Trinajstić information content (AvgIpc) is 2.64. The number of esters is 1. The van der Waals surface area contributed by atoms with Crippen LogP contribution in [-0.4, -0.2) is 36.6 Å². The number of ether oxygens (including phenoxy) is 1. The molecule has 0 aliphatic heterocycles. The van der Waals surface area contributed by atoms with Gasteiger partial charge in [-0.25, -0.2) is 9.59 Å². The molecule has 0 aromatic heterocycles. The molecular formula is C20H30O7S. The van der Waals surface area contributed by atoms with E-state index in [9.17, 15) is 23.1 Å². The van der Waals surface area contributed by atoms with Gasteiger partial charge in [-0.05, 0) is 24.6 Å². The third kappa shape index (κ3) is 8.84. The first-order valence-electron chi connectivity index (χ1n) is 9.79. The number of aromatic carboxylic acids is 1. The summed E-state index contributed by atoms with van der Waals surface area (Å²) in [7, 11) is -4.56. The van der Waals surface area contributed by atoms with Crippen molar-refractivity contribution >= 4 is 22.1 Å². The maximum Gasteiger partial charge on any atom is 0.339 e. The molecule has 0 radical (unpaired) electrons. The van der Waals surface area contributed by atoms with Crippen LogP contribution >= 0.6 is 0 Å². The first-order valence-corrected chi connectivity index (χ1v) is 11.2. The summed E-state index contributed by atoms with van der Waals surface area (Å²) in [6.45, 7) is 2.37. The highest BCUT2D eigenvalue weighted by Crippen LogP contribution is 2.18. The second kappa shape index (κ2) is 12.5. The Morgan fingerprint density at radius 3 is 1.93 bits per heavy atom. The minimum atomic E-state index is -4.56. The lowest BCUT2D eigenvalue weighted by molar-refractivity contribution is 0.0487. The van der Waals surface area contributed by atoms with Crippen molar-refractivity contribution in [1.82, 2.24) is 0 Å². The Hall–Kier alpha value is -1.93. The van der Waals surface area contributed by atoms with Crippen LogP contribution in [0.3, 0.4) is 0 Å². The van der Waals surface area contributed by atoms with E-state index in [-0.39, 0.29) is 12.2 Å². The molecule has 2 N–H and O–H groups in total. The fourth-order valence-corrected chi connectivity index (χ4v) is 3.38. The van der Waals surface area contributed by atoms with E-state index in [0.29, 0.717) is 6.42 Å². The number of hydrogen-bond donors (Lipinski definition) is 2. The summed E-state index contributed by atoms with van der Waals surface area (Å²) in [5.74, 6) is -2.30. The Balaban J connectivity index is 2.37. The van der Waals surface area contributed by atoms with Crippen molar-refractivity contribution in [3.63, 3.8) is 0 Å². The zero-order valence-corrected chi connectivity index (χ0v) is 17.2. The van der Waals surface area contributed by atoms with Crippen molar-refractivity contribution in [2.45, 2.75) is 76.0 Å². The van der Waals surface area contributed by atoms with Crippen molar-refractivity contribution in [3.8, 4) is 0 Å². The van der Waals surface area contributed by atoms with Crippen LogP contribution in [0.25, 0.3) is 0 Å². The normalized spacial score (nSPS) is 11.4. The van der Waals surface area contributed by atoms with Crippen molar-refractivity contribution in [2.24, 2.45) is 0 Å². The molecule has 1 rings (SSSR count). The van der Waals surface area contributed by atoms with Crippen molar-refractivity contribution in [3.05, 3.63) is 29.3 Å². The van der Waals surface area contributed by atoms with Gasteiger partial charge in [0.15, 0.2) is 0 Å². The van der Waals surface area contributed by atoms with Crippen LogP contribution in [0, 0.1) is 0 Å². The lowest BCUT2D eigenvalue weighted by Crippen LogP contribution is -2.13. The number of carboxylic acids is 1. The monoisotopic (exact) mass is 414 g/mol. The van der Waals surface area contributed by atoms with Crippen LogP contribution in [0.2, 0.25) is 0 Å². The Morgan fingerprint density at radius 1 is 0.893 bits per heavy atom. The highest BCUT2D eigenvalue weighted by atomic mass is 32.2. The van der Waals surface area contributed by atoms with Gasteiger partial charge in [-0.3, -0.25) is 4.55 Å². The summed E-state index contributed by atoms with van der Waals surface area (Å²) >= 11 is 0. The number of hydrogen-bond acceptors (Lipinski definition) is 5. The van der Waals surface area contributed by atoms with Crippen LogP contribution < -0.4 is 0 Å². The molecule has 8 heteroatoms. The molecule has 0 bridgehead atoms. The van der Waals surface area contributed by atoms with Crippen LogP contribution in [0.4, 0.5) is 0 Å². The smallest absolute Gasteiger partial charge is 0.339 e. The molecule has 1 aromatic rings. The van der Waals surface area contributed by atoms with Crippen LogP contribution in [0.15, 0.2) is 23.1 Å². The Kier molecular flexibility index (Phi) is 10.8. The Morgan fingerprint density at radius 2 is 1.43 bits per heavy atom.